The fraction of sp³-hybridized carbons (Fsp3) is 0.200. The van der Waals surface area contributed by atoms with E-state index in [1.54, 1.807) is 24.3 Å². The van der Waals surface area contributed by atoms with Gasteiger partial charge in [0, 0.05) is 38.9 Å². The number of carbonyl (C=O) groups is 1. The molecule has 3 heterocycles. The summed E-state index contributed by atoms with van der Waals surface area (Å²) in [5.74, 6) is 0.441. The lowest BCUT2D eigenvalue weighted by Crippen LogP contribution is -2.27. The third kappa shape index (κ3) is 5.89. The number of fused-ring (bicyclic) bond motifs is 2. The van der Waals surface area contributed by atoms with E-state index in [0.717, 1.165) is 65.2 Å². The Labute approximate surface area is 259 Å². The number of ether oxygens (including phenoxy) is 1. The van der Waals surface area contributed by atoms with E-state index in [2.05, 4.69) is 28.2 Å². The van der Waals surface area contributed by atoms with Crippen LogP contribution in [0.4, 0.5) is 5.82 Å². The summed E-state index contributed by atoms with van der Waals surface area (Å²) in [7, 11) is 0. The molecule has 0 fully saturated rings. The summed E-state index contributed by atoms with van der Waals surface area (Å²) >= 11 is 7.87. The number of ketones is 1. The summed E-state index contributed by atoms with van der Waals surface area (Å²) in [5, 5.41) is 2.49. The van der Waals surface area contributed by atoms with Crippen LogP contribution in [-0.2, 0) is 9.53 Å². The lowest BCUT2D eigenvalue weighted by atomic mass is 9.90. The van der Waals surface area contributed by atoms with Gasteiger partial charge in [-0.2, -0.15) is 0 Å². The highest BCUT2D eigenvalue weighted by Crippen LogP contribution is 2.44. The monoisotopic (exact) mass is 606 g/mol. The van der Waals surface area contributed by atoms with Crippen molar-refractivity contribution in [2.75, 3.05) is 5.73 Å². The van der Waals surface area contributed by atoms with Gasteiger partial charge in [-0.3, -0.25) is 9.78 Å². The van der Waals surface area contributed by atoms with E-state index in [1.165, 1.54) is 0 Å². The van der Waals surface area contributed by atoms with Gasteiger partial charge in [0.1, 0.15) is 16.9 Å². The SMILES string of the molecule is CC(=O)[C@@H](OC(C)(C)C)c1c(C)cc2nc(-c3ccnc(-c4ccc5nc(N)ccc5c4)c3)sc2c1-c1ccc(Cl)cc1. The number of pyridine rings is 2. The summed E-state index contributed by atoms with van der Waals surface area (Å²) < 4.78 is 7.36. The number of aromatic nitrogens is 3. The molecule has 0 saturated heterocycles. The molecule has 0 saturated carbocycles. The molecule has 0 aliphatic heterocycles. The van der Waals surface area contributed by atoms with E-state index in [4.69, 9.17) is 27.1 Å². The molecule has 8 heteroatoms. The Morgan fingerprint density at radius 1 is 0.907 bits per heavy atom. The van der Waals surface area contributed by atoms with E-state index in [1.807, 2.05) is 82.4 Å². The van der Waals surface area contributed by atoms with Gasteiger partial charge in [0.25, 0.3) is 0 Å². The molecule has 6 aromatic rings. The van der Waals surface area contributed by atoms with Crippen LogP contribution in [0.1, 0.15) is 44.9 Å². The standard InChI is InChI=1S/C35H31ClN4O2S/c1-19-16-28-33(31(21-6-10-25(36)11-7-21)30(19)32(20(2)41)42-35(3,4)5)43-34(40-28)24-14-15-38-27(18-24)23-8-12-26-22(17-23)9-13-29(37)39-26/h6-18,32H,1-5H3,(H2,37,39)/t32-/m1/s1. The van der Waals surface area contributed by atoms with Gasteiger partial charge in [0.2, 0.25) is 0 Å². The fourth-order valence-corrected chi connectivity index (χ4v) is 6.54. The summed E-state index contributed by atoms with van der Waals surface area (Å²) in [6.45, 7) is 9.49. The van der Waals surface area contributed by atoms with Gasteiger partial charge in [-0.25, -0.2) is 9.97 Å². The van der Waals surface area contributed by atoms with E-state index in [9.17, 15) is 4.79 Å². The van der Waals surface area contributed by atoms with Crippen molar-refractivity contribution in [3.8, 4) is 33.0 Å². The minimum atomic E-state index is -0.731. The second kappa shape index (κ2) is 11.2. The van der Waals surface area contributed by atoms with Crippen LogP contribution in [0.25, 0.3) is 54.1 Å². The highest BCUT2D eigenvalue weighted by atomic mass is 35.5. The molecule has 6 nitrogen and oxygen atoms in total. The van der Waals surface area contributed by atoms with Crippen LogP contribution < -0.4 is 5.73 Å². The Hall–Kier alpha value is -4.17. The smallest absolute Gasteiger partial charge is 0.163 e. The molecule has 0 aliphatic carbocycles. The van der Waals surface area contributed by atoms with E-state index in [0.29, 0.717) is 10.8 Å². The number of nitrogens with two attached hydrogens (primary N) is 1. The zero-order valence-corrected chi connectivity index (χ0v) is 26.2. The number of rotatable bonds is 6. The molecular formula is C35H31ClN4O2S. The number of hydrogen-bond donors (Lipinski definition) is 1. The van der Waals surface area contributed by atoms with Gasteiger partial charge in [0.15, 0.2) is 5.78 Å². The van der Waals surface area contributed by atoms with E-state index in [-0.39, 0.29) is 5.78 Å². The van der Waals surface area contributed by atoms with Crippen molar-refractivity contribution in [2.45, 2.75) is 46.3 Å². The van der Waals surface area contributed by atoms with Gasteiger partial charge in [0.05, 0.1) is 27.0 Å². The largest absolute Gasteiger partial charge is 0.384 e. The number of halogens is 1. The van der Waals surface area contributed by atoms with Gasteiger partial charge in [-0.1, -0.05) is 29.8 Å². The number of aryl methyl sites for hydroxylation is 1. The molecule has 0 radical (unpaired) electrons. The van der Waals surface area contributed by atoms with Crippen LogP contribution in [0.3, 0.4) is 0 Å². The molecule has 0 unspecified atom stereocenters. The average Bonchev–Trinajstić information content (AvgIpc) is 3.39. The Bertz CT molecular complexity index is 2010. The quantitative estimate of drug-likeness (QED) is 0.203. The zero-order chi connectivity index (χ0) is 30.5. The highest BCUT2D eigenvalue weighted by Gasteiger charge is 2.30. The molecular weight excluding hydrogens is 576 g/mol. The summed E-state index contributed by atoms with van der Waals surface area (Å²) in [5.41, 5.74) is 13.5. The van der Waals surface area contributed by atoms with Gasteiger partial charge in [-0.05, 0) is 100 Å². The predicted molar refractivity (Wildman–Crippen MR) is 177 cm³/mol. The van der Waals surface area contributed by atoms with Crippen LogP contribution in [-0.4, -0.2) is 26.3 Å². The number of carbonyl (C=O) groups excluding carboxylic acids is 1. The first-order valence-corrected chi connectivity index (χ1v) is 15.2. The van der Waals surface area contributed by atoms with Crippen LogP contribution >= 0.6 is 22.9 Å². The Morgan fingerprint density at radius 2 is 1.65 bits per heavy atom. The number of Topliss-reactive ketones (excluding diaryl/α,β-unsaturated/α-hetero) is 1. The topological polar surface area (TPSA) is 91.0 Å². The molecule has 3 aromatic heterocycles. The van der Waals surface area contributed by atoms with E-state index < -0.39 is 11.7 Å². The molecule has 3 aromatic carbocycles. The van der Waals surface area contributed by atoms with Gasteiger partial charge in [-0.15, -0.1) is 11.3 Å². The van der Waals surface area contributed by atoms with Crippen LogP contribution in [0, 0.1) is 6.92 Å². The molecule has 0 spiro atoms. The maximum absolute atomic E-state index is 13.1. The highest BCUT2D eigenvalue weighted by molar-refractivity contribution is 7.22. The van der Waals surface area contributed by atoms with Crippen LogP contribution in [0.15, 0.2) is 79.0 Å². The summed E-state index contributed by atoms with van der Waals surface area (Å²) in [6.07, 6.45) is 1.08. The first kappa shape index (κ1) is 28.9. The van der Waals surface area contributed by atoms with Gasteiger partial charge < -0.3 is 10.5 Å². The number of hydrogen-bond acceptors (Lipinski definition) is 7. The number of benzene rings is 3. The lowest BCUT2D eigenvalue weighted by molar-refractivity contribution is -0.138. The number of nitrogens with zero attached hydrogens (tertiary/aromatic N) is 3. The third-order valence-electron chi connectivity index (χ3n) is 7.18. The number of anilines is 1. The van der Waals surface area contributed by atoms with Crippen molar-refractivity contribution in [2.24, 2.45) is 0 Å². The van der Waals surface area contributed by atoms with E-state index >= 15 is 0 Å². The second-order valence-corrected chi connectivity index (χ2v) is 13.1. The van der Waals surface area contributed by atoms with Crippen molar-refractivity contribution in [1.82, 2.24) is 15.0 Å². The Balaban J connectivity index is 1.52. The average molecular weight is 607 g/mol. The third-order valence-corrected chi connectivity index (χ3v) is 8.57. The molecule has 2 N–H and O–H groups in total. The van der Waals surface area contributed by atoms with Gasteiger partial charge >= 0.3 is 0 Å². The molecule has 1 atom stereocenters. The zero-order valence-electron chi connectivity index (χ0n) is 24.6. The van der Waals surface area contributed by atoms with Crippen molar-refractivity contribution in [3.63, 3.8) is 0 Å². The number of thiazole rings is 1. The molecule has 0 amide bonds. The predicted octanol–water partition coefficient (Wildman–Crippen LogP) is 9.23. The molecule has 0 bridgehead atoms. The van der Waals surface area contributed by atoms with Crippen LogP contribution in [0.5, 0.6) is 0 Å². The maximum atomic E-state index is 13.1. The minimum absolute atomic E-state index is 0.0515. The summed E-state index contributed by atoms with van der Waals surface area (Å²) in [4.78, 5) is 27.2. The first-order valence-electron chi connectivity index (χ1n) is 14.0. The van der Waals surface area contributed by atoms with Crippen molar-refractivity contribution >= 4 is 55.7 Å². The maximum Gasteiger partial charge on any atom is 0.163 e. The summed E-state index contributed by atoms with van der Waals surface area (Å²) in [6, 6.07) is 23.6. The minimum Gasteiger partial charge on any atom is -0.384 e. The number of nitrogen functional groups attached to an aromatic ring is 1. The van der Waals surface area contributed by atoms with Crippen molar-refractivity contribution in [1.29, 1.82) is 0 Å². The molecule has 43 heavy (non-hydrogen) atoms. The second-order valence-electron chi connectivity index (χ2n) is 11.7. The fourth-order valence-electron chi connectivity index (χ4n) is 5.30. The molecule has 216 valence electrons. The van der Waals surface area contributed by atoms with Crippen LogP contribution in [0.2, 0.25) is 5.02 Å². The normalized spacial score (nSPS) is 12.6. The Kier molecular flexibility index (Phi) is 7.50. The van der Waals surface area contributed by atoms with Crippen molar-refractivity contribution < 1.29 is 9.53 Å². The Morgan fingerprint density at radius 3 is 2.37 bits per heavy atom. The first-order chi connectivity index (χ1) is 20.5. The molecule has 0 aliphatic rings. The lowest BCUT2D eigenvalue weighted by Gasteiger charge is -2.29. The molecule has 6 rings (SSSR count). The van der Waals surface area contributed by atoms with Crippen molar-refractivity contribution in [3.05, 3.63) is 95.1 Å².